The average Bonchev–Trinajstić information content (AvgIpc) is 2.41. The number of anilines is 3. The highest BCUT2D eigenvalue weighted by atomic mass is 16.1. The third kappa shape index (κ3) is 3.78. The molecule has 0 atom stereocenters. The van der Waals surface area contributed by atoms with Gasteiger partial charge in [0, 0.05) is 12.6 Å². The lowest BCUT2D eigenvalue weighted by molar-refractivity contribution is -0.114. The minimum Gasteiger partial charge on any atom is -0.339 e. The number of carbonyl (C=O) groups is 1. The summed E-state index contributed by atoms with van der Waals surface area (Å²) < 4.78 is 0. The summed E-state index contributed by atoms with van der Waals surface area (Å²) in [5.41, 5.74) is 2.25. The van der Waals surface area contributed by atoms with Crippen molar-refractivity contribution in [2.24, 2.45) is 0 Å². The first-order valence-electron chi connectivity index (χ1n) is 6.53. The highest BCUT2D eigenvalue weighted by molar-refractivity contribution is 5.87. The van der Waals surface area contributed by atoms with Gasteiger partial charge in [-0.05, 0) is 35.7 Å². The smallest absolute Gasteiger partial charge is 0.222 e. The summed E-state index contributed by atoms with van der Waals surface area (Å²) in [6.07, 6.45) is 0. The van der Waals surface area contributed by atoms with Gasteiger partial charge in [0.15, 0.2) is 11.6 Å². The van der Waals surface area contributed by atoms with Crippen LogP contribution in [-0.4, -0.2) is 16.1 Å². The Kier molecular flexibility index (Phi) is 4.30. The van der Waals surface area contributed by atoms with E-state index >= 15 is 0 Å². The molecule has 0 spiro atoms. The van der Waals surface area contributed by atoms with Crippen LogP contribution in [0.5, 0.6) is 0 Å². The van der Waals surface area contributed by atoms with Crippen molar-refractivity contribution in [1.82, 2.24) is 10.2 Å². The number of hydrogen-bond donors (Lipinski definition) is 2. The van der Waals surface area contributed by atoms with E-state index in [-0.39, 0.29) is 5.91 Å². The fourth-order valence-electron chi connectivity index (χ4n) is 1.75. The molecule has 1 aromatic heterocycles. The summed E-state index contributed by atoms with van der Waals surface area (Å²) in [7, 11) is 0. The molecule has 0 unspecified atom stereocenters. The van der Waals surface area contributed by atoms with E-state index in [2.05, 4.69) is 46.8 Å². The lowest BCUT2D eigenvalue weighted by Gasteiger charge is -2.08. The molecule has 2 aromatic rings. The van der Waals surface area contributed by atoms with E-state index in [1.165, 1.54) is 12.5 Å². The van der Waals surface area contributed by atoms with Gasteiger partial charge in [0.2, 0.25) is 5.91 Å². The molecule has 20 heavy (non-hydrogen) atoms. The molecule has 5 heteroatoms. The number of carbonyl (C=O) groups excluding carboxylic acids is 1. The molecule has 104 valence electrons. The maximum Gasteiger partial charge on any atom is 0.222 e. The Morgan fingerprint density at radius 2 is 1.60 bits per heavy atom. The molecule has 5 nitrogen and oxygen atoms in total. The second-order valence-corrected chi connectivity index (χ2v) is 4.89. The zero-order chi connectivity index (χ0) is 14.5. The summed E-state index contributed by atoms with van der Waals surface area (Å²) >= 11 is 0. The molecule has 0 aliphatic carbocycles. The van der Waals surface area contributed by atoms with Gasteiger partial charge in [-0.1, -0.05) is 26.0 Å². The molecule has 0 radical (unpaired) electrons. The molecule has 2 N–H and O–H groups in total. The third-order valence-electron chi connectivity index (χ3n) is 2.82. The van der Waals surface area contributed by atoms with Crippen LogP contribution in [0, 0.1) is 0 Å². The van der Waals surface area contributed by atoms with E-state index in [0.29, 0.717) is 17.6 Å². The number of hydrogen-bond acceptors (Lipinski definition) is 4. The summed E-state index contributed by atoms with van der Waals surface area (Å²) in [4.78, 5) is 10.9. The Morgan fingerprint density at radius 1 is 1.00 bits per heavy atom. The van der Waals surface area contributed by atoms with Crippen LogP contribution in [0.4, 0.5) is 17.3 Å². The van der Waals surface area contributed by atoms with Crippen molar-refractivity contribution in [3.05, 3.63) is 42.0 Å². The van der Waals surface area contributed by atoms with Crippen LogP contribution < -0.4 is 10.6 Å². The predicted molar refractivity (Wildman–Crippen MR) is 80.1 cm³/mol. The first-order chi connectivity index (χ1) is 9.54. The molecule has 0 bridgehead atoms. The van der Waals surface area contributed by atoms with Crippen LogP contribution in [0.1, 0.15) is 32.3 Å². The third-order valence-corrected chi connectivity index (χ3v) is 2.82. The monoisotopic (exact) mass is 270 g/mol. The maximum absolute atomic E-state index is 10.9. The number of nitrogens with one attached hydrogen (secondary N) is 2. The molecule has 1 heterocycles. The molecule has 2 rings (SSSR count). The van der Waals surface area contributed by atoms with Gasteiger partial charge in [-0.15, -0.1) is 10.2 Å². The van der Waals surface area contributed by atoms with Crippen molar-refractivity contribution in [1.29, 1.82) is 0 Å². The van der Waals surface area contributed by atoms with Crippen molar-refractivity contribution < 1.29 is 4.79 Å². The van der Waals surface area contributed by atoms with Gasteiger partial charge < -0.3 is 10.6 Å². The first-order valence-corrected chi connectivity index (χ1v) is 6.53. The van der Waals surface area contributed by atoms with Gasteiger partial charge in [0.1, 0.15) is 0 Å². The van der Waals surface area contributed by atoms with E-state index in [4.69, 9.17) is 0 Å². The molecule has 1 amide bonds. The summed E-state index contributed by atoms with van der Waals surface area (Å²) in [6, 6.07) is 11.7. The van der Waals surface area contributed by atoms with Crippen LogP contribution in [0.2, 0.25) is 0 Å². The van der Waals surface area contributed by atoms with Crippen molar-refractivity contribution in [3.63, 3.8) is 0 Å². The minimum absolute atomic E-state index is 0.163. The maximum atomic E-state index is 10.9. The van der Waals surface area contributed by atoms with Gasteiger partial charge in [-0.2, -0.15) is 0 Å². The average molecular weight is 270 g/mol. The van der Waals surface area contributed by atoms with E-state index in [9.17, 15) is 4.79 Å². The lowest BCUT2D eigenvalue weighted by atomic mass is 10.0. The Hall–Kier alpha value is -2.43. The number of amides is 1. The molecular weight excluding hydrogens is 252 g/mol. The van der Waals surface area contributed by atoms with Crippen molar-refractivity contribution in [2.45, 2.75) is 26.7 Å². The normalized spacial score (nSPS) is 10.4. The van der Waals surface area contributed by atoms with E-state index in [1.54, 1.807) is 12.1 Å². The molecule has 0 saturated heterocycles. The largest absolute Gasteiger partial charge is 0.339 e. The Morgan fingerprint density at radius 3 is 2.10 bits per heavy atom. The fourth-order valence-corrected chi connectivity index (χ4v) is 1.75. The quantitative estimate of drug-likeness (QED) is 0.894. The number of benzene rings is 1. The van der Waals surface area contributed by atoms with Gasteiger partial charge >= 0.3 is 0 Å². The standard InChI is InChI=1S/C15H18N4O/c1-10(2)12-4-6-13(7-5-12)17-15-9-8-14(18-19-15)16-11(3)20/h4-10H,1-3H3,(H,17,19)(H,16,18,20). The number of nitrogens with zero attached hydrogens (tertiary/aromatic N) is 2. The molecule has 0 saturated carbocycles. The SMILES string of the molecule is CC(=O)Nc1ccc(Nc2ccc(C(C)C)cc2)nn1. The van der Waals surface area contributed by atoms with Gasteiger partial charge in [0.25, 0.3) is 0 Å². The predicted octanol–water partition coefficient (Wildman–Crippen LogP) is 3.30. The van der Waals surface area contributed by atoms with E-state index < -0.39 is 0 Å². The van der Waals surface area contributed by atoms with Crippen LogP contribution >= 0.6 is 0 Å². The lowest BCUT2D eigenvalue weighted by Crippen LogP contribution is -2.08. The first kappa shape index (κ1) is 14.0. The van der Waals surface area contributed by atoms with Crippen LogP contribution in [0.15, 0.2) is 36.4 Å². The summed E-state index contributed by atoms with van der Waals surface area (Å²) in [5.74, 6) is 1.43. The Bertz CT molecular complexity index is 576. The zero-order valence-electron chi connectivity index (χ0n) is 11.8. The van der Waals surface area contributed by atoms with Gasteiger partial charge in [-0.3, -0.25) is 4.79 Å². The van der Waals surface area contributed by atoms with Crippen molar-refractivity contribution in [2.75, 3.05) is 10.6 Å². The highest BCUT2D eigenvalue weighted by Gasteiger charge is 2.02. The van der Waals surface area contributed by atoms with E-state index in [0.717, 1.165) is 5.69 Å². The van der Waals surface area contributed by atoms with Crippen LogP contribution in [0.3, 0.4) is 0 Å². The highest BCUT2D eigenvalue weighted by Crippen LogP contribution is 2.19. The second-order valence-electron chi connectivity index (χ2n) is 4.89. The molecule has 0 aliphatic heterocycles. The van der Waals surface area contributed by atoms with Crippen molar-refractivity contribution >= 4 is 23.2 Å². The zero-order valence-corrected chi connectivity index (χ0v) is 11.8. The topological polar surface area (TPSA) is 66.9 Å². The molecular formula is C15H18N4O. The van der Waals surface area contributed by atoms with Gasteiger partial charge in [0.05, 0.1) is 0 Å². The molecule has 0 aliphatic rings. The molecule has 1 aromatic carbocycles. The van der Waals surface area contributed by atoms with Crippen LogP contribution in [-0.2, 0) is 4.79 Å². The summed E-state index contributed by atoms with van der Waals surface area (Å²) in [6.45, 7) is 5.76. The number of aromatic nitrogens is 2. The fraction of sp³-hybridized carbons (Fsp3) is 0.267. The van der Waals surface area contributed by atoms with Crippen LogP contribution in [0.25, 0.3) is 0 Å². The minimum atomic E-state index is -0.163. The number of rotatable bonds is 4. The summed E-state index contributed by atoms with van der Waals surface area (Å²) in [5, 5.41) is 13.7. The van der Waals surface area contributed by atoms with E-state index in [1.807, 2.05) is 12.1 Å². The van der Waals surface area contributed by atoms with Crippen molar-refractivity contribution in [3.8, 4) is 0 Å². The Balaban J connectivity index is 2.04. The van der Waals surface area contributed by atoms with Gasteiger partial charge in [-0.25, -0.2) is 0 Å². The second kappa shape index (κ2) is 6.14. The molecule has 0 fully saturated rings. The Labute approximate surface area is 118 Å².